The van der Waals surface area contributed by atoms with Crippen molar-refractivity contribution in [3.63, 3.8) is 0 Å². The summed E-state index contributed by atoms with van der Waals surface area (Å²) in [5.41, 5.74) is 2.04. The first kappa shape index (κ1) is 13.0. The Morgan fingerprint density at radius 1 is 1.50 bits per heavy atom. The zero-order valence-corrected chi connectivity index (χ0v) is 10.7. The summed E-state index contributed by atoms with van der Waals surface area (Å²) in [6, 6.07) is 3.22. The fourth-order valence-electron chi connectivity index (χ4n) is 2.07. The Morgan fingerprint density at radius 3 is 3.00 bits per heavy atom. The van der Waals surface area contributed by atoms with Gasteiger partial charge in [0.2, 0.25) is 0 Å². The Balaban J connectivity index is 2.18. The van der Waals surface area contributed by atoms with E-state index in [0.29, 0.717) is 0 Å². The topological polar surface area (TPSA) is 34.1 Å². The number of pyridine rings is 1. The largest absolute Gasteiger partial charge is 0.501 e. The van der Waals surface area contributed by atoms with E-state index in [-0.39, 0.29) is 11.9 Å². The Bertz CT molecular complexity index is 403. The first-order valence-electron chi connectivity index (χ1n) is 6.46. The van der Waals surface area contributed by atoms with Crippen LogP contribution in [0.25, 0.3) is 0 Å². The lowest BCUT2D eigenvalue weighted by atomic mass is 9.98. The number of halogens is 1. The third-order valence-electron chi connectivity index (χ3n) is 2.98. The molecule has 0 aliphatic carbocycles. The molecule has 1 aliphatic heterocycles. The summed E-state index contributed by atoms with van der Waals surface area (Å²) in [6.07, 6.45) is 6.16. The molecule has 1 unspecified atom stereocenters. The van der Waals surface area contributed by atoms with Gasteiger partial charge in [-0.25, -0.2) is 4.39 Å². The zero-order chi connectivity index (χ0) is 12.8. The van der Waals surface area contributed by atoms with E-state index in [1.165, 1.54) is 17.8 Å². The molecular formula is C14H19FN2O. The number of nitrogens with one attached hydrogen (secondary N) is 1. The summed E-state index contributed by atoms with van der Waals surface area (Å²) < 4.78 is 18.3. The minimum Gasteiger partial charge on any atom is -0.501 e. The fourth-order valence-corrected chi connectivity index (χ4v) is 2.07. The van der Waals surface area contributed by atoms with Crippen molar-refractivity contribution in [1.82, 2.24) is 10.3 Å². The van der Waals surface area contributed by atoms with E-state index in [0.717, 1.165) is 38.1 Å². The molecule has 1 aromatic heterocycles. The van der Waals surface area contributed by atoms with Crippen molar-refractivity contribution in [2.45, 2.75) is 32.2 Å². The molecule has 0 fully saturated rings. The van der Waals surface area contributed by atoms with Crippen molar-refractivity contribution < 1.29 is 9.13 Å². The van der Waals surface area contributed by atoms with Crippen LogP contribution < -0.4 is 5.32 Å². The number of hydrogen-bond donors (Lipinski definition) is 1. The Hall–Kier alpha value is -1.42. The van der Waals surface area contributed by atoms with Gasteiger partial charge < -0.3 is 10.1 Å². The van der Waals surface area contributed by atoms with Gasteiger partial charge in [0.25, 0.3) is 0 Å². The van der Waals surface area contributed by atoms with Crippen molar-refractivity contribution in [2.24, 2.45) is 0 Å². The Morgan fingerprint density at radius 2 is 2.39 bits per heavy atom. The fraction of sp³-hybridized carbons (Fsp3) is 0.500. The van der Waals surface area contributed by atoms with Crippen molar-refractivity contribution in [2.75, 3.05) is 13.2 Å². The molecule has 1 aromatic rings. The normalized spacial score (nSPS) is 16.9. The second-order valence-corrected chi connectivity index (χ2v) is 4.46. The van der Waals surface area contributed by atoms with Crippen LogP contribution in [0.5, 0.6) is 0 Å². The molecule has 4 heteroatoms. The van der Waals surface area contributed by atoms with E-state index < -0.39 is 0 Å². The van der Waals surface area contributed by atoms with Crippen LogP contribution in [0.1, 0.15) is 37.9 Å². The molecule has 1 atom stereocenters. The van der Waals surface area contributed by atoms with Crippen LogP contribution in [-0.2, 0) is 4.74 Å². The average Bonchev–Trinajstić information content (AvgIpc) is 2.42. The van der Waals surface area contributed by atoms with Gasteiger partial charge in [-0.1, -0.05) is 6.92 Å². The molecule has 0 radical (unpaired) electrons. The number of hydrogen-bond acceptors (Lipinski definition) is 3. The van der Waals surface area contributed by atoms with E-state index >= 15 is 0 Å². The van der Waals surface area contributed by atoms with E-state index in [1.54, 1.807) is 6.07 Å². The lowest BCUT2D eigenvalue weighted by Gasteiger charge is -2.23. The van der Waals surface area contributed by atoms with Crippen molar-refractivity contribution >= 4 is 0 Å². The molecule has 3 nitrogen and oxygen atoms in total. The van der Waals surface area contributed by atoms with Crippen molar-refractivity contribution in [1.29, 1.82) is 0 Å². The molecule has 1 aliphatic rings. The Kier molecular flexibility index (Phi) is 4.70. The molecular weight excluding hydrogens is 231 g/mol. The van der Waals surface area contributed by atoms with Crippen LogP contribution in [0.2, 0.25) is 0 Å². The highest BCUT2D eigenvalue weighted by Crippen LogP contribution is 2.26. The molecule has 0 aromatic carbocycles. The van der Waals surface area contributed by atoms with Crippen LogP contribution in [0, 0.1) is 5.82 Å². The van der Waals surface area contributed by atoms with Crippen LogP contribution >= 0.6 is 0 Å². The van der Waals surface area contributed by atoms with Gasteiger partial charge in [0.15, 0.2) is 0 Å². The molecule has 0 spiro atoms. The van der Waals surface area contributed by atoms with Gasteiger partial charge in [-0.3, -0.25) is 4.98 Å². The minimum absolute atomic E-state index is 0.0332. The predicted octanol–water partition coefficient (Wildman–Crippen LogP) is 2.96. The number of aromatic nitrogens is 1. The summed E-state index contributed by atoms with van der Waals surface area (Å²) in [5, 5.41) is 3.44. The molecule has 0 saturated heterocycles. The third kappa shape index (κ3) is 3.29. The summed E-state index contributed by atoms with van der Waals surface area (Å²) >= 11 is 0. The van der Waals surface area contributed by atoms with Gasteiger partial charge in [-0.05, 0) is 43.5 Å². The second-order valence-electron chi connectivity index (χ2n) is 4.46. The standard InChI is InChI=1S/C14H19FN2O/c1-2-7-16-14(11-4-3-8-18-10-11)13-6-5-12(15)9-17-13/h5-6,9-10,14,16H,2-4,7-8H2,1H3. The highest BCUT2D eigenvalue weighted by Gasteiger charge is 2.19. The smallest absolute Gasteiger partial charge is 0.141 e. The van der Waals surface area contributed by atoms with Gasteiger partial charge in [0.05, 0.1) is 30.8 Å². The summed E-state index contributed by atoms with van der Waals surface area (Å²) in [4.78, 5) is 4.17. The van der Waals surface area contributed by atoms with Gasteiger partial charge in [0.1, 0.15) is 5.82 Å². The predicted molar refractivity (Wildman–Crippen MR) is 68.5 cm³/mol. The average molecular weight is 250 g/mol. The van der Waals surface area contributed by atoms with Gasteiger partial charge in [-0.2, -0.15) is 0 Å². The van der Waals surface area contributed by atoms with E-state index in [4.69, 9.17) is 4.74 Å². The maximum absolute atomic E-state index is 12.9. The first-order valence-corrected chi connectivity index (χ1v) is 6.46. The van der Waals surface area contributed by atoms with Crippen molar-refractivity contribution in [3.05, 3.63) is 41.7 Å². The number of rotatable bonds is 5. The molecule has 18 heavy (non-hydrogen) atoms. The molecule has 98 valence electrons. The van der Waals surface area contributed by atoms with E-state index in [1.807, 2.05) is 6.26 Å². The van der Waals surface area contributed by atoms with Gasteiger partial charge in [-0.15, -0.1) is 0 Å². The van der Waals surface area contributed by atoms with Crippen molar-refractivity contribution in [3.8, 4) is 0 Å². The third-order valence-corrected chi connectivity index (χ3v) is 2.98. The van der Waals surface area contributed by atoms with E-state index in [9.17, 15) is 4.39 Å². The molecule has 2 rings (SSSR count). The maximum Gasteiger partial charge on any atom is 0.141 e. The van der Waals surface area contributed by atoms with Gasteiger partial charge in [0, 0.05) is 0 Å². The SMILES string of the molecule is CCCNC(C1=COCCC1)c1ccc(F)cn1. The molecule has 0 bridgehead atoms. The number of nitrogens with zero attached hydrogens (tertiary/aromatic N) is 1. The maximum atomic E-state index is 12.9. The molecule has 2 heterocycles. The molecule has 0 saturated carbocycles. The summed E-state index contributed by atoms with van der Waals surface area (Å²) in [5.74, 6) is -0.304. The van der Waals surface area contributed by atoms with E-state index in [2.05, 4.69) is 17.2 Å². The van der Waals surface area contributed by atoms with Crippen LogP contribution in [0.3, 0.4) is 0 Å². The highest BCUT2D eigenvalue weighted by molar-refractivity contribution is 5.22. The summed E-state index contributed by atoms with van der Waals surface area (Å²) in [6.45, 7) is 3.80. The van der Waals surface area contributed by atoms with Crippen LogP contribution in [-0.4, -0.2) is 18.1 Å². The summed E-state index contributed by atoms with van der Waals surface area (Å²) in [7, 11) is 0. The van der Waals surface area contributed by atoms with Gasteiger partial charge >= 0.3 is 0 Å². The monoisotopic (exact) mass is 250 g/mol. The molecule has 1 N–H and O–H groups in total. The van der Waals surface area contributed by atoms with Crippen LogP contribution in [0.4, 0.5) is 4.39 Å². The number of ether oxygens (including phenoxy) is 1. The lowest BCUT2D eigenvalue weighted by Crippen LogP contribution is -2.26. The minimum atomic E-state index is -0.304. The zero-order valence-electron chi connectivity index (χ0n) is 10.7. The first-order chi connectivity index (χ1) is 8.81. The second kappa shape index (κ2) is 6.50. The Labute approximate surface area is 107 Å². The van der Waals surface area contributed by atoms with Crippen LogP contribution in [0.15, 0.2) is 30.2 Å². The highest BCUT2D eigenvalue weighted by atomic mass is 19.1. The quantitative estimate of drug-likeness (QED) is 0.872. The molecule has 0 amide bonds. The lowest BCUT2D eigenvalue weighted by molar-refractivity contribution is 0.219.